The molecule has 0 atom stereocenters. The number of nitrogens with two attached hydrogens (primary N) is 1. The van der Waals surface area contributed by atoms with Crippen LogP contribution in [0.3, 0.4) is 0 Å². The number of hydrogen-bond donors (Lipinski definition) is 4. The molecule has 1 aliphatic carbocycles. The second-order valence-corrected chi connectivity index (χ2v) is 6.98. The smallest absolute Gasteiger partial charge is 0.319 e. The summed E-state index contributed by atoms with van der Waals surface area (Å²) in [6, 6.07) is 9.72. The predicted octanol–water partition coefficient (Wildman–Crippen LogP) is 3.97. The number of phenolic OH excluding ortho intramolecular Hbond substituents is 1. The van der Waals surface area contributed by atoms with Crippen LogP contribution < -0.4 is 25.8 Å². The Kier molecular flexibility index (Phi) is 5.28. The van der Waals surface area contributed by atoms with Gasteiger partial charge in [-0.15, -0.1) is 0 Å². The molecule has 2 aromatic carbocycles. The number of carbonyl (C=O) groups is 1. The molecule has 9 heteroatoms. The van der Waals surface area contributed by atoms with Crippen molar-refractivity contribution in [1.29, 1.82) is 0 Å². The molecule has 1 aliphatic rings. The molecule has 1 fully saturated rings. The molecule has 1 heterocycles. The number of aromatic hydroxyl groups is 1. The maximum absolute atomic E-state index is 11.9. The van der Waals surface area contributed by atoms with Crippen LogP contribution in [0, 0.1) is 0 Å². The lowest BCUT2D eigenvalue weighted by Gasteiger charge is -2.13. The van der Waals surface area contributed by atoms with Gasteiger partial charge in [0.25, 0.3) is 0 Å². The second-order valence-electron chi connectivity index (χ2n) is 6.57. The lowest BCUT2D eigenvalue weighted by Crippen LogP contribution is -2.30. The monoisotopic (exact) mass is 414 g/mol. The molecule has 0 unspecified atom stereocenters. The first-order chi connectivity index (χ1) is 14.0. The molecule has 0 aliphatic heterocycles. The van der Waals surface area contributed by atoms with Crippen LogP contribution >= 0.6 is 11.6 Å². The Labute approximate surface area is 171 Å². The summed E-state index contributed by atoms with van der Waals surface area (Å²) in [5.74, 6) is 1.15. The molecule has 0 bridgehead atoms. The maximum atomic E-state index is 11.9. The van der Waals surface area contributed by atoms with Gasteiger partial charge in [0.05, 0.1) is 16.2 Å². The number of amides is 2. The van der Waals surface area contributed by atoms with Gasteiger partial charge in [-0.2, -0.15) is 0 Å². The molecule has 3 aromatic rings. The Morgan fingerprint density at radius 1 is 1.24 bits per heavy atom. The quantitative estimate of drug-likeness (QED) is 0.453. The van der Waals surface area contributed by atoms with Gasteiger partial charge in [-0.1, -0.05) is 11.6 Å². The minimum Gasteiger partial charge on any atom is -0.504 e. The zero-order valence-corrected chi connectivity index (χ0v) is 16.1. The number of rotatable bonds is 6. The van der Waals surface area contributed by atoms with E-state index in [1.165, 1.54) is 6.07 Å². The average molecular weight is 415 g/mol. The SMILES string of the molecule is NCOc1cc2c(Oc3ccc(NC(=O)NC4CC4)c(Cl)c3)ccnc2cc1O. The van der Waals surface area contributed by atoms with Gasteiger partial charge >= 0.3 is 6.03 Å². The van der Waals surface area contributed by atoms with Crippen LogP contribution in [0.2, 0.25) is 5.02 Å². The standard InChI is InChI=1S/C20H19ClN4O4/c21-14-7-12(3-4-15(14)25-20(27)24-11-1-2-11)29-18-5-6-23-16-9-17(26)19(28-10-22)8-13(16)18/h3-9,11,26H,1-2,10,22H2,(H2,24,25,27). The molecule has 1 aromatic heterocycles. The molecule has 0 radical (unpaired) electrons. The molecule has 150 valence electrons. The highest BCUT2D eigenvalue weighted by molar-refractivity contribution is 6.33. The van der Waals surface area contributed by atoms with Gasteiger partial charge in [0.15, 0.2) is 11.5 Å². The number of ether oxygens (including phenoxy) is 2. The highest BCUT2D eigenvalue weighted by Crippen LogP contribution is 2.37. The number of hydrogen-bond acceptors (Lipinski definition) is 6. The van der Waals surface area contributed by atoms with Crippen LogP contribution in [0.15, 0.2) is 42.6 Å². The van der Waals surface area contributed by atoms with Crippen molar-refractivity contribution in [2.45, 2.75) is 18.9 Å². The third-order valence-electron chi connectivity index (χ3n) is 4.35. The minimum atomic E-state index is -0.282. The van der Waals surface area contributed by atoms with Gasteiger partial charge in [-0.3, -0.25) is 10.7 Å². The summed E-state index contributed by atoms with van der Waals surface area (Å²) >= 11 is 6.30. The number of pyridine rings is 1. The number of halogens is 1. The third-order valence-corrected chi connectivity index (χ3v) is 4.66. The third kappa shape index (κ3) is 4.44. The van der Waals surface area contributed by atoms with E-state index in [9.17, 15) is 9.90 Å². The van der Waals surface area contributed by atoms with Crippen molar-refractivity contribution in [2.24, 2.45) is 5.73 Å². The average Bonchev–Trinajstić information content (AvgIpc) is 3.49. The van der Waals surface area contributed by atoms with Crippen molar-refractivity contribution in [2.75, 3.05) is 12.0 Å². The Morgan fingerprint density at radius 3 is 2.79 bits per heavy atom. The summed E-state index contributed by atoms with van der Waals surface area (Å²) in [7, 11) is 0. The Balaban J connectivity index is 1.56. The van der Waals surface area contributed by atoms with E-state index in [0.29, 0.717) is 33.1 Å². The van der Waals surface area contributed by atoms with E-state index in [0.717, 1.165) is 12.8 Å². The highest BCUT2D eigenvalue weighted by atomic mass is 35.5. The Bertz CT molecular complexity index is 1070. The molecule has 8 nitrogen and oxygen atoms in total. The molecule has 0 saturated heterocycles. The zero-order chi connectivity index (χ0) is 20.4. The van der Waals surface area contributed by atoms with Gasteiger partial charge in [0.2, 0.25) is 0 Å². The normalized spacial score (nSPS) is 13.2. The summed E-state index contributed by atoms with van der Waals surface area (Å²) in [6.07, 6.45) is 3.58. The fourth-order valence-electron chi connectivity index (χ4n) is 2.79. The van der Waals surface area contributed by atoms with E-state index in [1.54, 1.807) is 36.5 Å². The van der Waals surface area contributed by atoms with Crippen molar-refractivity contribution in [1.82, 2.24) is 10.3 Å². The number of carbonyl (C=O) groups excluding carboxylic acids is 1. The predicted molar refractivity (Wildman–Crippen MR) is 110 cm³/mol. The van der Waals surface area contributed by atoms with Crippen LogP contribution in [-0.2, 0) is 0 Å². The van der Waals surface area contributed by atoms with Crippen LogP contribution in [-0.4, -0.2) is 28.9 Å². The van der Waals surface area contributed by atoms with Gasteiger partial charge < -0.3 is 25.2 Å². The van der Waals surface area contributed by atoms with Crippen LogP contribution in [0.1, 0.15) is 12.8 Å². The molecule has 4 rings (SSSR count). The molecule has 5 N–H and O–H groups in total. The highest BCUT2D eigenvalue weighted by Gasteiger charge is 2.23. The van der Waals surface area contributed by atoms with E-state index in [4.69, 9.17) is 26.8 Å². The lowest BCUT2D eigenvalue weighted by molar-refractivity contribution is 0.251. The first-order valence-electron chi connectivity index (χ1n) is 9.03. The topological polar surface area (TPSA) is 119 Å². The molecule has 2 amide bonds. The Hall–Kier alpha value is -3.23. The number of benzene rings is 2. The van der Waals surface area contributed by atoms with Crippen molar-refractivity contribution < 1.29 is 19.4 Å². The van der Waals surface area contributed by atoms with E-state index in [2.05, 4.69) is 15.6 Å². The number of fused-ring (bicyclic) bond motifs is 1. The molecule has 29 heavy (non-hydrogen) atoms. The van der Waals surface area contributed by atoms with Gasteiger partial charge in [-0.05, 0) is 37.1 Å². The summed E-state index contributed by atoms with van der Waals surface area (Å²) in [5, 5.41) is 16.5. The lowest BCUT2D eigenvalue weighted by atomic mass is 10.2. The van der Waals surface area contributed by atoms with Crippen LogP contribution in [0.25, 0.3) is 10.9 Å². The molecular formula is C20H19ClN4O4. The number of aromatic nitrogens is 1. The minimum absolute atomic E-state index is 0.0597. The molecular weight excluding hydrogens is 396 g/mol. The number of nitrogens with one attached hydrogen (secondary N) is 2. The van der Waals surface area contributed by atoms with Gasteiger partial charge in [-0.25, -0.2) is 4.79 Å². The summed E-state index contributed by atoms with van der Waals surface area (Å²) in [4.78, 5) is 16.1. The molecule has 1 saturated carbocycles. The van der Waals surface area contributed by atoms with Crippen LogP contribution in [0.4, 0.5) is 10.5 Å². The largest absolute Gasteiger partial charge is 0.504 e. The second kappa shape index (κ2) is 8.02. The molecule has 0 spiro atoms. The first-order valence-corrected chi connectivity index (χ1v) is 9.41. The number of urea groups is 1. The van der Waals surface area contributed by atoms with Crippen molar-refractivity contribution >= 4 is 34.2 Å². The van der Waals surface area contributed by atoms with Crippen molar-refractivity contribution in [3.05, 3.63) is 47.6 Å². The zero-order valence-electron chi connectivity index (χ0n) is 15.3. The fraction of sp³-hybridized carbons (Fsp3) is 0.200. The first kappa shape index (κ1) is 19.1. The number of phenols is 1. The van der Waals surface area contributed by atoms with Crippen molar-refractivity contribution in [3.63, 3.8) is 0 Å². The van der Waals surface area contributed by atoms with Gasteiger partial charge in [0, 0.05) is 29.8 Å². The van der Waals surface area contributed by atoms with E-state index < -0.39 is 0 Å². The summed E-state index contributed by atoms with van der Waals surface area (Å²) in [5.41, 5.74) is 6.42. The summed E-state index contributed by atoms with van der Waals surface area (Å²) < 4.78 is 11.2. The van der Waals surface area contributed by atoms with Gasteiger partial charge in [0.1, 0.15) is 18.2 Å². The fourth-order valence-corrected chi connectivity index (χ4v) is 3.01. The summed E-state index contributed by atoms with van der Waals surface area (Å²) in [6.45, 7) is -0.0755. The maximum Gasteiger partial charge on any atom is 0.319 e. The van der Waals surface area contributed by atoms with E-state index >= 15 is 0 Å². The van der Waals surface area contributed by atoms with Crippen molar-refractivity contribution in [3.8, 4) is 23.0 Å². The Morgan fingerprint density at radius 2 is 2.07 bits per heavy atom. The van der Waals surface area contributed by atoms with Crippen LogP contribution in [0.5, 0.6) is 23.0 Å². The van der Waals surface area contributed by atoms with E-state index in [1.807, 2.05) is 0 Å². The number of nitrogens with zero attached hydrogens (tertiary/aromatic N) is 1. The number of anilines is 1. The van der Waals surface area contributed by atoms with E-state index in [-0.39, 0.29) is 30.3 Å².